The van der Waals surface area contributed by atoms with Crippen molar-refractivity contribution in [3.05, 3.63) is 47.8 Å². The van der Waals surface area contributed by atoms with Crippen LogP contribution in [0.3, 0.4) is 0 Å². The van der Waals surface area contributed by atoms with Crippen LogP contribution in [0, 0.1) is 5.92 Å². The van der Waals surface area contributed by atoms with Gasteiger partial charge in [-0.15, -0.1) is 0 Å². The van der Waals surface area contributed by atoms with Crippen LogP contribution >= 0.6 is 0 Å². The van der Waals surface area contributed by atoms with Crippen LogP contribution < -0.4 is 16.4 Å². The van der Waals surface area contributed by atoms with Gasteiger partial charge in [0.05, 0.1) is 12.1 Å². The number of carbonyl (C=O) groups excluding carboxylic acids is 1. The molecule has 1 saturated heterocycles. The summed E-state index contributed by atoms with van der Waals surface area (Å²) < 4.78 is 5.93. The van der Waals surface area contributed by atoms with Gasteiger partial charge in [0.2, 0.25) is 5.91 Å². The smallest absolute Gasteiger partial charge is 0.248 e. The Morgan fingerprint density at radius 3 is 2.70 bits per heavy atom. The summed E-state index contributed by atoms with van der Waals surface area (Å²) in [7, 11) is 0. The molecule has 144 valence electrons. The zero-order chi connectivity index (χ0) is 19.2. The molecule has 27 heavy (non-hydrogen) atoms. The molecule has 7 heteroatoms. The summed E-state index contributed by atoms with van der Waals surface area (Å²) in [6, 6.07) is 9.36. The lowest BCUT2D eigenvalue weighted by Gasteiger charge is -2.35. The number of amides is 1. The number of anilines is 2. The lowest BCUT2D eigenvalue weighted by atomic mass is 9.94. The summed E-state index contributed by atoms with van der Waals surface area (Å²) in [6.07, 6.45) is 3.86. The van der Waals surface area contributed by atoms with Crippen molar-refractivity contribution in [2.45, 2.75) is 45.4 Å². The number of nitrogens with zero attached hydrogens (tertiary/aromatic N) is 2. The second-order valence-corrected chi connectivity index (χ2v) is 7.18. The fourth-order valence-electron chi connectivity index (χ4n) is 3.32. The summed E-state index contributed by atoms with van der Waals surface area (Å²) in [6.45, 7) is 5.78. The van der Waals surface area contributed by atoms with E-state index in [9.17, 15) is 4.79 Å². The van der Waals surface area contributed by atoms with Gasteiger partial charge in [0.25, 0.3) is 0 Å². The lowest BCUT2D eigenvalue weighted by molar-refractivity contribution is -0.0203. The maximum Gasteiger partial charge on any atom is 0.248 e. The van der Waals surface area contributed by atoms with Crippen LogP contribution in [-0.2, 0) is 11.3 Å². The fraction of sp³-hybridized carbons (Fsp3) is 0.450. The molecule has 0 bridgehead atoms. The van der Waals surface area contributed by atoms with Gasteiger partial charge in [-0.25, -0.2) is 9.97 Å². The molecule has 0 spiro atoms. The molecule has 2 atom stereocenters. The Hall–Kier alpha value is -2.67. The third kappa shape index (κ3) is 5.17. The average molecular weight is 369 g/mol. The third-order valence-corrected chi connectivity index (χ3v) is 4.74. The maximum absolute atomic E-state index is 11.1. The SMILES string of the molecule is CC(C)[C@H]1OCCC[C@@H]1Nc1cc(NCc2ccc(C(N)=O)cc2)ncn1. The number of primary amides is 1. The van der Waals surface area contributed by atoms with Gasteiger partial charge in [-0.3, -0.25) is 4.79 Å². The Morgan fingerprint density at radius 1 is 1.26 bits per heavy atom. The van der Waals surface area contributed by atoms with Crippen molar-refractivity contribution in [1.82, 2.24) is 9.97 Å². The molecule has 2 aromatic rings. The highest BCUT2D eigenvalue weighted by molar-refractivity contribution is 5.92. The van der Waals surface area contributed by atoms with Gasteiger partial charge >= 0.3 is 0 Å². The molecule has 1 fully saturated rings. The highest BCUT2D eigenvalue weighted by Crippen LogP contribution is 2.24. The molecule has 1 aromatic carbocycles. The molecule has 3 rings (SSSR count). The van der Waals surface area contributed by atoms with Crippen LogP contribution in [0.5, 0.6) is 0 Å². The van der Waals surface area contributed by atoms with Crippen LogP contribution in [0.4, 0.5) is 11.6 Å². The number of aromatic nitrogens is 2. The van der Waals surface area contributed by atoms with E-state index in [4.69, 9.17) is 10.5 Å². The molecule has 0 radical (unpaired) electrons. The van der Waals surface area contributed by atoms with Crippen LogP contribution in [0.15, 0.2) is 36.7 Å². The summed E-state index contributed by atoms with van der Waals surface area (Å²) in [5.74, 6) is 1.56. The number of ether oxygens (including phenoxy) is 1. The standard InChI is InChI=1S/C20H27N5O2/c1-13(2)19-16(4-3-9-27-19)25-18-10-17(23-12-24-18)22-11-14-5-7-15(8-6-14)20(21)26/h5-8,10,12-13,16,19H,3-4,9,11H2,1-2H3,(H2,21,26)(H2,22,23,24,25)/t16-,19+/m0/s1. The molecule has 7 nitrogen and oxygen atoms in total. The van der Waals surface area contributed by atoms with Crippen molar-refractivity contribution in [2.75, 3.05) is 17.2 Å². The van der Waals surface area contributed by atoms with E-state index in [1.54, 1.807) is 18.5 Å². The van der Waals surface area contributed by atoms with Gasteiger partial charge in [-0.1, -0.05) is 26.0 Å². The summed E-state index contributed by atoms with van der Waals surface area (Å²) in [5, 5.41) is 6.79. The van der Waals surface area contributed by atoms with Gasteiger partial charge < -0.3 is 21.1 Å². The average Bonchev–Trinajstić information content (AvgIpc) is 2.67. The minimum atomic E-state index is -0.424. The highest BCUT2D eigenvalue weighted by atomic mass is 16.5. The van der Waals surface area contributed by atoms with E-state index < -0.39 is 5.91 Å². The van der Waals surface area contributed by atoms with Crippen LogP contribution in [0.1, 0.15) is 42.6 Å². The first-order valence-electron chi connectivity index (χ1n) is 9.35. The number of benzene rings is 1. The molecule has 1 aliphatic rings. The molecule has 2 heterocycles. The van der Waals surface area contributed by atoms with E-state index in [1.165, 1.54) is 0 Å². The van der Waals surface area contributed by atoms with Gasteiger partial charge in [0.1, 0.15) is 18.0 Å². The van der Waals surface area contributed by atoms with Crippen LogP contribution in [-0.4, -0.2) is 34.6 Å². The van der Waals surface area contributed by atoms with E-state index in [2.05, 4.69) is 34.4 Å². The number of nitrogens with one attached hydrogen (secondary N) is 2. The van der Waals surface area contributed by atoms with Crippen molar-refractivity contribution in [1.29, 1.82) is 0 Å². The monoisotopic (exact) mass is 369 g/mol. The van der Waals surface area contributed by atoms with Crippen molar-refractivity contribution < 1.29 is 9.53 Å². The quantitative estimate of drug-likeness (QED) is 0.694. The molecular formula is C20H27N5O2. The third-order valence-electron chi connectivity index (χ3n) is 4.74. The summed E-state index contributed by atoms with van der Waals surface area (Å²) in [5.41, 5.74) is 6.80. The molecule has 0 unspecified atom stereocenters. The van der Waals surface area contributed by atoms with Crippen molar-refractivity contribution in [3.63, 3.8) is 0 Å². The molecule has 1 aromatic heterocycles. The van der Waals surface area contributed by atoms with Crippen molar-refractivity contribution >= 4 is 17.5 Å². The van der Waals surface area contributed by atoms with Gasteiger partial charge in [-0.2, -0.15) is 0 Å². The van der Waals surface area contributed by atoms with E-state index in [-0.39, 0.29) is 12.1 Å². The summed E-state index contributed by atoms with van der Waals surface area (Å²) >= 11 is 0. The van der Waals surface area contributed by atoms with E-state index in [1.807, 2.05) is 18.2 Å². The van der Waals surface area contributed by atoms with E-state index >= 15 is 0 Å². The lowest BCUT2D eigenvalue weighted by Crippen LogP contribution is -2.43. The molecular weight excluding hydrogens is 342 g/mol. The zero-order valence-electron chi connectivity index (χ0n) is 15.8. The van der Waals surface area contributed by atoms with Crippen molar-refractivity contribution in [2.24, 2.45) is 11.7 Å². The topological polar surface area (TPSA) is 102 Å². The van der Waals surface area contributed by atoms with Gasteiger partial charge in [0, 0.05) is 24.8 Å². The Kier molecular flexibility index (Phi) is 6.24. The zero-order valence-corrected chi connectivity index (χ0v) is 15.8. The number of rotatable bonds is 7. The first-order valence-corrected chi connectivity index (χ1v) is 9.35. The molecule has 1 aliphatic heterocycles. The van der Waals surface area contributed by atoms with Crippen LogP contribution in [0.25, 0.3) is 0 Å². The van der Waals surface area contributed by atoms with Gasteiger partial charge in [-0.05, 0) is 36.5 Å². The Bertz CT molecular complexity index is 763. The Morgan fingerprint density at radius 2 is 2.00 bits per heavy atom. The van der Waals surface area contributed by atoms with E-state index in [0.29, 0.717) is 18.0 Å². The Labute approximate surface area is 159 Å². The number of nitrogens with two attached hydrogens (primary N) is 1. The largest absolute Gasteiger partial charge is 0.376 e. The van der Waals surface area contributed by atoms with Crippen molar-refractivity contribution in [3.8, 4) is 0 Å². The summed E-state index contributed by atoms with van der Waals surface area (Å²) in [4.78, 5) is 19.8. The predicted molar refractivity (Wildman–Crippen MR) is 106 cm³/mol. The second kappa shape index (κ2) is 8.81. The molecule has 1 amide bonds. The first-order chi connectivity index (χ1) is 13.0. The minimum Gasteiger partial charge on any atom is -0.376 e. The van der Waals surface area contributed by atoms with Gasteiger partial charge in [0.15, 0.2) is 0 Å². The van der Waals surface area contributed by atoms with E-state index in [0.717, 1.165) is 36.6 Å². The molecule has 0 saturated carbocycles. The molecule has 0 aliphatic carbocycles. The fourth-order valence-corrected chi connectivity index (χ4v) is 3.32. The number of hydrogen-bond acceptors (Lipinski definition) is 6. The van der Waals surface area contributed by atoms with Crippen LogP contribution in [0.2, 0.25) is 0 Å². The molecule has 4 N–H and O–H groups in total. The highest BCUT2D eigenvalue weighted by Gasteiger charge is 2.28. The number of carbonyl (C=O) groups is 1. The number of hydrogen-bond donors (Lipinski definition) is 3. The predicted octanol–water partition coefficient (Wildman–Crippen LogP) is 2.80. The second-order valence-electron chi connectivity index (χ2n) is 7.18. The minimum absolute atomic E-state index is 0.189. The Balaban J connectivity index is 1.60. The normalized spacial score (nSPS) is 19.7. The maximum atomic E-state index is 11.1. The first kappa shape index (κ1) is 19.1.